The van der Waals surface area contributed by atoms with Gasteiger partial charge in [0.25, 0.3) is 0 Å². The molecule has 0 fully saturated rings. The van der Waals surface area contributed by atoms with E-state index in [4.69, 9.17) is 0 Å². The van der Waals surface area contributed by atoms with E-state index >= 15 is 0 Å². The molecular weight excluding hydrogens is 190 g/mol. The molecule has 0 atom stereocenters. The predicted molar refractivity (Wildman–Crippen MR) is 49.8 cm³/mol. The average Bonchev–Trinajstić information content (AvgIpc) is 2.66. The van der Waals surface area contributed by atoms with Crippen LogP contribution in [0.5, 0.6) is 0 Å². The Labute approximate surface area is 80.5 Å². The molecule has 0 aliphatic heterocycles. The smallest absolute Gasteiger partial charge is 0.307 e. The largest absolute Gasteiger partial charge is 0.469 e. The van der Waals surface area contributed by atoms with Crippen LogP contribution in [0.1, 0.15) is 6.42 Å². The van der Waals surface area contributed by atoms with Gasteiger partial charge in [0.15, 0.2) is 0 Å². The predicted octanol–water partition coefficient (Wildman–Crippen LogP) is 0.537. The van der Waals surface area contributed by atoms with E-state index in [0.717, 1.165) is 5.13 Å². The van der Waals surface area contributed by atoms with Crippen molar-refractivity contribution in [3.8, 4) is 0 Å². The van der Waals surface area contributed by atoms with Crippen LogP contribution < -0.4 is 4.90 Å². The van der Waals surface area contributed by atoms with E-state index in [1.54, 1.807) is 0 Å². The van der Waals surface area contributed by atoms with E-state index in [9.17, 15) is 4.79 Å². The van der Waals surface area contributed by atoms with E-state index in [1.165, 1.54) is 25.0 Å². The molecule has 1 heterocycles. The summed E-state index contributed by atoms with van der Waals surface area (Å²) in [5.41, 5.74) is 0. The fourth-order valence-electron chi connectivity index (χ4n) is 0.792. The zero-order valence-electron chi connectivity index (χ0n) is 7.56. The summed E-state index contributed by atoms with van der Waals surface area (Å²) >= 11 is 1.30. The number of nitrogens with zero attached hydrogens (tertiary/aromatic N) is 3. The molecule has 6 heteroatoms. The van der Waals surface area contributed by atoms with Gasteiger partial charge in [0.1, 0.15) is 6.33 Å². The van der Waals surface area contributed by atoms with Crippen LogP contribution in [-0.2, 0) is 9.53 Å². The van der Waals surface area contributed by atoms with Crippen molar-refractivity contribution in [1.29, 1.82) is 0 Å². The molecule has 0 spiro atoms. The number of hydrogen-bond acceptors (Lipinski definition) is 6. The van der Waals surface area contributed by atoms with Crippen molar-refractivity contribution < 1.29 is 9.53 Å². The number of anilines is 1. The summed E-state index contributed by atoms with van der Waals surface area (Å²) in [6.45, 7) is 0.599. The van der Waals surface area contributed by atoms with Crippen LogP contribution in [0.2, 0.25) is 0 Å². The zero-order valence-corrected chi connectivity index (χ0v) is 8.37. The first kappa shape index (κ1) is 9.91. The monoisotopic (exact) mass is 201 g/mol. The summed E-state index contributed by atoms with van der Waals surface area (Å²) in [5.74, 6) is -0.212. The SMILES string of the molecule is COC(=O)CCN(C)c1ncns1. The third kappa shape index (κ3) is 2.98. The number of carbonyl (C=O) groups is 1. The number of esters is 1. The molecule has 72 valence electrons. The molecule has 0 unspecified atom stereocenters. The van der Waals surface area contributed by atoms with Crippen LogP contribution in [0, 0.1) is 0 Å². The van der Waals surface area contributed by atoms with Crippen molar-refractivity contribution in [2.75, 3.05) is 25.6 Å². The van der Waals surface area contributed by atoms with Crippen molar-refractivity contribution >= 4 is 22.6 Å². The van der Waals surface area contributed by atoms with E-state index in [0.29, 0.717) is 13.0 Å². The Kier molecular flexibility index (Phi) is 3.63. The second-order valence-electron chi connectivity index (χ2n) is 2.47. The maximum atomic E-state index is 10.8. The Morgan fingerprint density at radius 2 is 2.54 bits per heavy atom. The van der Waals surface area contributed by atoms with Gasteiger partial charge >= 0.3 is 5.97 Å². The standard InChI is InChI=1S/C7H11N3O2S/c1-10(4-3-6(11)12-2)7-8-5-9-13-7/h5H,3-4H2,1-2H3. The minimum Gasteiger partial charge on any atom is -0.469 e. The number of aromatic nitrogens is 2. The van der Waals surface area contributed by atoms with Crippen molar-refractivity contribution in [2.24, 2.45) is 0 Å². The Bertz CT molecular complexity index is 263. The molecule has 1 aromatic rings. The molecule has 1 rings (SSSR count). The normalized spacial score (nSPS) is 9.69. The molecule has 0 amide bonds. The van der Waals surface area contributed by atoms with Crippen molar-refractivity contribution in [3.05, 3.63) is 6.33 Å². The first-order valence-corrected chi connectivity index (χ1v) is 4.56. The minimum atomic E-state index is -0.212. The average molecular weight is 201 g/mol. The number of methoxy groups -OCH3 is 1. The zero-order chi connectivity index (χ0) is 9.68. The summed E-state index contributed by atoms with van der Waals surface area (Å²) in [5, 5.41) is 0.809. The molecular formula is C7H11N3O2S. The summed E-state index contributed by atoms with van der Waals surface area (Å²) in [6, 6.07) is 0. The van der Waals surface area contributed by atoms with Gasteiger partial charge in [-0.3, -0.25) is 4.79 Å². The van der Waals surface area contributed by atoms with Crippen LogP contribution in [0.15, 0.2) is 6.33 Å². The van der Waals surface area contributed by atoms with Crippen molar-refractivity contribution in [3.63, 3.8) is 0 Å². The lowest BCUT2D eigenvalue weighted by molar-refractivity contribution is -0.140. The van der Waals surface area contributed by atoms with Gasteiger partial charge in [-0.1, -0.05) is 0 Å². The Morgan fingerprint density at radius 1 is 1.77 bits per heavy atom. The molecule has 0 saturated carbocycles. The lowest BCUT2D eigenvalue weighted by Crippen LogP contribution is -2.21. The lowest BCUT2D eigenvalue weighted by atomic mass is 10.4. The summed E-state index contributed by atoms with van der Waals surface area (Å²) in [7, 11) is 3.25. The molecule has 0 saturated heterocycles. The van der Waals surface area contributed by atoms with E-state index < -0.39 is 0 Å². The highest BCUT2D eigenvalue weighted by molar-refractivity contribution is 7.09. The highest BCUT2D eigenvalue weighted by Gasteiger charge is 2.06. The molecule has 0 bridgehead atoms. The molecule has 0 aliphatic carbocycles. The van der Waals surface area contributed by atoms with Gasteiger partial charge in [0, 0.05) is 25.1 Å². The highest BCUT2D eigenvalue weighted by Crippen LogP contribution is 2.12. The Morgan fingerprint density at radius 3 is 3.08 bits per heavy atom. The van der Waals surface area contributed by atoms with Gasteiger partial charge in [0.05, 0.1) is 13.5 Å². The summed E-state index contributed by atoms with van der Waals surface area (Å²) in [6.07, 6.45) is 1.86. The molecule has 0 N–H and O–H groups in total. The van der Waals surface area contributed by atoms with Crippen LogP contribution >= 0.6 is 11.5 Å². The Balaban J connectivity index is 2.34. The van der Waals surface area contributed by atoms with Crippen LogP contribution in [0.4, 0.5) is 5.13 Å². The molecule has 0 aliphatic rings. The number of rotatable bonds is 4. The second-order valence-corrected chi connectivity index (χ2v) is 3.23. The van der Waals surface area contributed by atoms with Crippen molar-refractivity contribution in [1.82, 2.24) is 9.36 Å². The van der Waals surface area contributed by atoms with E-state index in [1.807, 2.05) is 11.9 Å². The topological polar surface area (TPSA) is 55.3 Å². The third-order valence-electron chi connectivity index (χ3n) is 1.56. The van der Waals surface area contributed by atoms with Gasteiger partial charge in [-0.2, -0.15) is 4.37 Å². The minimum absolute atomic E-state index is 0.212. The quantitative estimate of drug-likeness (QED) is 0.665. The lowest BCUT2D eigenvalue weighted by Gasteiger charge is -2.13. The third-order valence-corrected chi connectivity index (χ3v) is 2.34. The second kappa shape index (κ2) is 4.76. The first-order chi connectivity index (χ1) is 6.24. The molecule has 13 heavy (non-hydrogen) atoms. The number of carbonyl (C=O) groups excluding carboxylic acids is 1. The fraction of sp³-hybridized carbons (Fsp3) is 0.571. The van der Waals surface area contributed by atoms with Gasteiger partial charge in [-0.05, 0) is 0 Å². The molecule has 1 aromatic heterocycles. The number of hydrogen-bond donors (Lipinski definition) is 0. The van der Waals surface area contributed by atoms with Gasteiger partial charge in [0.2, 0.25) is 5.13 Å². The fourth-order valence-corrected chi connectivity index (χ4v) is 1.31. The van der Waals surface area contributed by atoms with Gasteiger partial charge in [-0.15, -0.1) is 0 Å². The maximum Gasteiger partial charge on any atom is 0.307 e. The highest BCUT2D eigenvalue weighted by atomic mass is 32.1. The molecule has 0 radical (unpaired) electrons. The van der Waals surface area contributed by atoms with Crippen LogP contribution in [-0.4, -0.2) is 36.0 Å². The molecule has 5 nitrogen and oxygen atoms in total. The van der Waals surface area contributed by atoms with Crippen molar-refractivity contribution in [2.45, 2.75) is 6.42 Å². The Hall–Kier alpha value is -1.17. The molecule has 0 aromatic carbocycles. The van der Waals surface area contributed by atoms with E-state index in [-0.39, 0.29) is 5.97 Å². The first-order valence-electron chi connectivity index (χ1n) is 3.78. The maximum absolute atomic E-state index is 10.8. The van der Waals surface area contributed by atoms with Gasteiger partial charge < -0.3 is 9.64 Å². The number of ether oxygens (including phenoxy) is 1. The summed E-state index contributed by atoms with van der Waals surface area (Å²) < 4.78 is 8.38. The van der Waals surface area contributed by atoms with Crippen LogP contribution in [0.3, 0.4) is 0 Å². The van der Waals surface area contributed by atoms with Gasteiger partial charge in [-0.25, -0.2) is 4.98 Å². The van der Waals surface area contributed by atoms with E-state index in [2.05, 4.69) is 14.1 Å². The van der Waals surface area contributed by atoms with Crippen LogP contribution in [0.25, 0.3) is 0 Å². The summed E-state index contributed by atoms with van der Waals surface area (Å²) in [4.78, 5) is 16.7.